The number of nitrogens with zero attached hydrogens (tertiary/aromatic N) is 3. The quantitative estimate of drug-likeness (QED) is 0.445. The number of aliphatic hydroxyl groups is 1. The minimum Gasteiger partial charge on any atom is -0.368 e. The maximum atomic E-state index is 11.2. The molecule has 1 aliphatic rings. The number of rotatable bonds is 1. The normalized spacial score (nSPS) is 20.1. The summed E-state index contributed by atoms with van der Waals surface area (Å²) in [5, 5.41) is 25.5. The molecule has 2 N–H and O–H groups in total. The Balaban J connectivity index is 2.52. The summed E-state index contributed by atoms with van der Waals surface area (Å²) in [5.74, 6) is -0.924. The summed E-state index contributed by atoms with van der Waals surface area (Å²) in [5.41, 5.74) is -0.00421. The lowest BCUT2D eigenvalue weighted by Crippen LogP contribution is -2.39. The van der Waals surface area contributed by atoms with Crippen molar-refractivity contribution in [3.63, 3.8) is 0 Å². The Morgan fingerprint density at radius 3 is 3.07 bits per heavy atom. The molecule has 0 bridgehead atoms. The molecule has 1 aromatic heterocycles. The number of aliphatic hydroxyl groups excluding tert-OH is 1. The molecule has 2 heterocycles. The number of hydrogen-bond acceptors (Lipinski definition) is 5. The van der Waals surface area contributed by atoms with Gasteiger partial charge in [0.1, 0.15) is 0 Å². The zero-order chi connectivity index (χ0) is 10.3. The number of carbonyl (C=O) groups excluding carboxylic acids is 1. The van der Waals surface area contributed by atoms with Gasteiger partial charge in [-0.25, -0.2) is 0 Å². The molecular weight excluding hydrogens is 192 g/mol. The van der Waals surface area contributed by atoms with Crippen molar-refractivity contribution in [3.05, 3.63) is 21.9 Å². The summed E-state index contributed by atoms with van der Waals surface area (Å²) in [4.78, 5) is 20.8. The molecule has 0 saturated heterocycles. The molecule has 0 radical (unpaired) electrons. The maximum Gasteiger partial charge on any atom is 0.390 e. The van der Waals surface area contributed by atoms with Crippen LogP contribution < -0.4 is 5.32 Å². The highest BCUT2D eigenvalue weighted by Crippen LogP contribution is 2.18. The third kappa shape index (κ3) is 1.12. The number of amides is 1. The average Bonchev–Trinajstić information content (AvgIpc) is 2.57. The predicted molar refractivity (Wildman–Crippen MR) is 42.5 cm³/mol. The van der Waals surface area contributed by atoms with E-state index >= 15 is 0 Å². The average molecular weight is 198 g/mol. The molecule has 0 aliphatic carbocycles. The minimum atomic E-state index is -1.05. The van der Waals surface area contributed by atoms with Gasteiger partial charge in [-0.3, -0.25) is 4.79 Å². The lowest BCUT2D eigenvalue weighted by molar-refractivity contribution is -0.390. The summed E-state index contributed by atoms with van der Waals surface area (Å²) < 4.78 is 0.941. The molecule has 8 heteroatoms. The van der Waals surface area contributed by atoms with Gasteiger partial charge in [-0.05, 0) is 4.92 Å². The Kier molecular flexibility index (Phi) is 1.71. The Morgan fingerprint density at radius 1 is 1.79 bits per heavy atom. The van der Waals surface area contributed by atoms with Crippen molar-refractivity contribution < 1.29 is 14.8 Å². The van der Waals surface area contributed by atoms with Crippen molar-refractivity contribution in [3.8, 4) is 0 Å². The van der Waals surface area contributed by atoms with E-state index in [-0.39, 0.29) is 12.2 Å². The summed E-state index contributed by atoms with van der Waals surface area (Å²) in [7, 11) is 0. The molecule has 0 aromatic carbocycles. The Bertz CT molecular complexity index is 412. The smallest absolute Gasteiger partial charge is 0.368 e. The highest BCUT2D eigenvalue weighted by atomic mass is 16.6. The number of fused-ring (bicyclic) bond motifs is 1. The second-order valence-corrected chi connectivity index (χ2v) is 2.78. The monoisotopic (exact) mass is 198 g/mol. The van der Waals surface area contributed by atoms with E-state index in [1.54, 1.807) is 0 Å². The van der Waals surface area contributed by atoms with Crippen molar-refractivity contribution in [2.24, 2.45) is 0 Å². The fourth-order valence-electron chi connectivity index (χ4n) is 1.23. The highest BCUT2D eigenvalue weighted by molar-refractivity contribution is 5.93. The number of carbonyl (C=O) groups is 1. The highest BCUT2D eigenvalue weighted by Gasteiger charge is 2.31. The third-order valence-corrected chi connectivity index (χ3v) is 1.87. The molecule has 1 amide bonds. The van der Waals surface area contributed by atoms with Crippen molar-refractivity contribution in [2.75, 3.05) is 6.54 Å². The molecule has 1 aliphatic heterocycles. The lowest BCUT2D eigenvalue weighted by atomic mass is 10.3. The van der Waals surface area contributed by atoms with Gasteiger partial charge in [0.05, 0.1) is 17.7 Å². The molecule has 8 nitrogen and oxygen atoms in total. The van der Waals surface area contributed by atoms with E-state index in [9.17, 15) is 20.0 Å². The Hall–Kier alpha value is -1.96. The molecule has 2 rings (SSSR count). The molecule has 0 spiro atoms. The van der Waals surface area contributed by atoms with E-state index < -0.39 is 22.9 Å². The fraction of sp³-hybridized carbons (Fsp3) is 0.333. The van der Waals surface area contributed by atoms with Gasteiger partial charge in [0, 0.05) is 0 Å². The first-order valence-electron chi connectivity index (χ1n) is 3.80. The van der Waals surface area contributed by atoms with Crippen LogP contribution in [0.3, 0.4) is 0 Å². The topological polar surface area (TPSA) is 110 Å². The number of aromatic nitrogens is 2. The zero-order valence-electron chi connectivity index (χ0n) is 6.88. The van der Waals surface area contributed by atoms with Crippen molar-refractivity contribution in [1.82, 2.24) is 15.1 Å². The van der Waals surface area contributed by atoms with Gasteiger partial charge in [0.15, 0.2) is 11.9 Å². The largest absolute Gasteiger partial charge is 0.390 e. The van der Waals surface area contributed by atoms with Crippen molar-refractivity contribution in [1.29, 1.82) is 0 Å². The fourth-order valence-corrected chi connectivity index (χ4v) is 1.23. The summed E-state index contributed by atoms with van der Waals surface area (Å²) in [6.07, 6.45) is -1.05. The van der Waals surface area contributed by atoms with E-state index in [0.29, 0.717) is 0 Å². The van der Waals surface area contributed by atoms with Crippen LogP contribution in [0, 0.1) is 10.1 Å². The van der Waals surface area contributed by atoms with E-state index in [1.165, 1.54) is 0 Å². The predicted octanol–water partition coefficient (Wildman–Crippen LogP) is -0.974. The van der Waals surface area contributed by atoms with Crippen LogP contribution in [-0.2, 0) is 0 Å². The van der Waals surface area contributed by atoms with Crippen LogP contribution in [0.2, 0.25) is 0 Å². The SMILES string of the molecule is O=C1NCC(O)n2nc([N+](=O)[O-])cc21. The van der Waals surface area contributed by atoms with Crippen LogP contribution in [-0.4, -0.2) is 32.3 Å². The van der Waals surface area contributed by atoms with Gasteiger partial charge in [-0.1, -0.05) is 0 Å². The lowest BCUT2D eigenvalue weighted by Gasteiger charge is -2.16. The van der Waals surface area contributed by atoms with Gasteiger partial charge in [0.25, 0.3) is 5.91 Å². The number of nitro groups is 1. The third-order valence-electron chi connectivity index (χ3n) is 1.87. The molecule has 0 saturated carbocycles. The summed E-state index contributed by atoms with van der Waals surface area (Å²) >= 11 is 0. The number of β-amino-alcohol motifs (C(OH)–C–C–N with tert-alkyl or cyclic N) is 1. The van der Waals surface area contributed by atoms with Crippen LogP contribution in [0.1, 0.15) is 16.7 Å². The van der Waals surface area contributed by atoms with E-state index in [1.807, 2.05) is 0 Å². The van der Waals surface area contributed by atoms with Gasteiger partial charge in [0.2, 0.25) is 0 Å². The van der Waals surface area contributed by atoms with E-state index in [2.05, 4.69) is 10.4 Å². The molecule has 1 aromatic rings. The second-order valence-electron chi connectivity index (χ2n) is 2.78. The van der Waals surface area contributed by atoms with Gasteiger partial charge in [-0.2, -0.15) is 0 Å². The van der Waals surface area contributed by atoms with Gasteiger partial charge >= 0.3 is 5.82 Å². The maximum absolute atomic E-state index is 11.2. The Labute approximate surface area is 77.3 Å². The molecule has 0 fully saturated rings. The van der Waals surface area contributed by atoms with Crippen LogP contribution in [0.4, 0.5) is 5.82 Å². The van der Waals surface area contributed by atoms with Crippen LogP contribution in [0.15, 0.2) is 6.07 Å². The molecule has 1 unspecified atom stereocenters. The van der Waals surface area contributed by atoms with Crippen LogP contribution in [0.5, 0.6) is 0 Å². The van der Waals surface area contributed by atoms with Crippen LogP contribution in [0.25, 0.3) is 0 Å². The van der Waals surface area contributed by atoms with E-state index in [0.717, 1.165) is 10.7 Å². The van der Waals surface area contributed by atoms with Crippen molar-refractivity contribution in [2.45, 2.75) is 6.23 Å². The number of hydrogen-bond donors (Lipinski definition) is 2. The van der Waals surface area contributed by atoms with Gasteiger partial charge in [-0.15, -0.1) is 4.68 Å². The second kappa shape index (κ2) is 2.77. The molecule has 74 valence electrons. The first kappa shape index (κ1) is 8.63. The minimum absolute atomic E-state index is 0.00421. The summed E-state index contributed by atoms with van der Waals surface area (Å²) in [6, 6.07) is 1.03. The summed E-state index contributed by atoms with van der Waals surface area (Å²) in [6.45, 7) is 0.00463. The molecule has 1 atom stereocenters. The number of nitrogens with one attached hydrogen (secondary N) is 1. The first-order valence-corrected chi connectivity index (χ1v) is 3.80. The Morgan fingerprint density at radius 2 is 2.50 bits per heavy atom. The van der Waals surface area contributed by atoms with Crippen molar-refractivity contribution >= 4 is 11.7 Å². The van der Waals surface area contributed by atoms with Crippen LogP contribution >= 0.6 is 0 Å². The van der Waals surface area contributed by atoms with E-state index in [4.69, 9.17) is 0 Å². The first-order chi connectivity index (χ1) is 6.59. The van der Waals surface area contributed by atoms with Gasteiger partial charge < -0.3 is 20.5 Å². The standard InChI is InChI=1S/C6H6N4O4/c11-5-2-7-6(12)3-1-4(10(13)14)8-9(3)5/h1,5,11H,2H2,(H,7,12). The molecular formula is C6H6N4O4. The molecule has 14 heavy (non-hydrogen) atoms. The zero-order valence-corrected chi connectivity index (χ0v) is 6.88.